The summed E-state index contributed by atoms with van der Waals surface area (Å²) >= 11 is 0. The molecule has 0 radical (unpaired) electrons. The minimum atomic E-state index is -0.535. The number of nitrogens with zero attached hydrogens (tertiary/aromatic N) is 4. The standard InChI is InChI=1S/C22H27N5O3/c1-3-29-19-10-8-18(9-11-19)27-15-20(24-25-27)22(28)26(2)17-6-4-16(5-7-17)21-14-23-12-13-30-21/h4-11,20-21,23H,3,12-15H2,1-2H3/t20?,21-/m1/s1. The minimum Gasteiger partial charge on any atom is -0.494 e. The lowest BCUT2D eigenvalue weighted by molar-refractivity contribution is -0.119. The third-order valence-corrected chi connectivity index (χ3v) is 5.29. The number of carbonyl (C=O) groups is 1. The van der Waals surface area contributed by atoms with Crippen molar-refractivity contribution in [1.29, 1.82) is 0 Å². The van der Waals surface area contributed by atoms with Crippen LogP contribution < -0.4 is 20.0 Å². The van der Waals surface area contributed by atoms with Gasteiger partial charge in [0, 0.05) is 25.8 Å². The number of rotatable bonds is 6. The fraction of sp³-hybridized carbons (Fsp3) is 0.409. The van der Waals surface area contributed by atoms with Gasteiger partial charge >= 0.3 is 0 Å². The van der Waals surface area contributed by atoms with Crippen LogP contribution in [-0.2, 0) is 9.53 Å². The van der Waals surface area contributed by atoms with Crippen molar-refractivity contribution in [2.24, 2.45) is 10.3 Å². The van der Waals surface area contributed by atoms with Crippen molar-refractivity contribution in [3.05, 3.63) is 54.1 Å². The van der Waals surface area contributed by atoms with Gasteiger partial charge in [-0.05, 0) is 48.9 Å². The van der Waals surface area contributed by atoms with Crippen molar-refractivity contribution in [3.8, 4) is 5.75 Å². The lowest BCUT2D eigenvalue weighted by Gasteiger charge is -2.25. The summed E-state index contributed by atoms with van der Waals surface area (Å²) in [5, 5.41) is 13.4. The molecular formula is C22H27N5O3. The zero-order chi connectivity index (χ0) is 20.9. The Bertz CT molecular complexity index is 879. The third-order valence-electron chi connectivity index (χ3n) is 5.29. The molecule has 30 heavy (non-hydrogen) atoms. The Morgan fingerprint density at radius 1 is 1.23 bits per heavy atom. The van der Waals surface area contributed by atoms with Gasteiger partial charge in [0.15, 0.2) is 6.04 Å². The summed E-state index contributed by atoms with van der Waals surface area (Å²) in [4.78, 5) is 14.6. The van der Waals surface area contributed by atoms with E-state index in [0.717, 1.165) is 35.8 Å². The molecule has 0 aliphatic carbocycles. The van der Waals surface area contributed by atoms with Gasteiger partial charge in [-0.15, -0.1) is 0 Å². The summed E-state index contributed by atoms with van der Waals surface area (Å²) < 4.78 is 11.2. The number of ether oxygens (including phenoxy) is 2. The van der Waals surface area contributed by atoms with E-state index in [9.17, 15) is 4.79 Å². The molecule has 4 rings (SSSR count). The van der Waals surface area contributed by atoms with Crippen LogP contribution in [0.3, 0.4) is 0 Å². The van der Waals surface area contributed by atoms with E-state index in [-0.39, 0.29) is 12.0 Å². The molecule has 2 aromatic carbocycles. The second kappa shape index (κ2) is 9.23. The number of nitrogens with one attached hydrogen (secondary N) is 1. The minimum absolute atomic E-state index is 0.0557. The van der Waals surface area contributed by atoms with E-state index in [1.54, 1.807) is 17.0 Å². The molecule has 8 nitrogen and oxygen atoms in total. The van der Waals surface area contributed by atoms with Crippen molar-refractivity contribution >= 4 is 17.3 Å². The predicted molar refractivity (Wildman–Crippen MR) is 115 cm³/mol. The van der Waals surface area contributed by atoms with Gasteiger partial charge in [0.1, 0.15) is 5.75 Å². The average Bonchev–Trinajstić information content (AvgIpc) is 3.30. The van der Waals surface area contributed by atoms with Crippen molar-refractivity contribution in [3.63, 3.8) is 0 Å². The Balaban J connectivity index is 1.36. The summed E-state index contributed by atoms with van der Waals surface area (Å²) in [6.45, 7) is 5.38. The van der Waals surface area contributed by atoms with Gasteiger partial charge in [0.25, 0.3) is 5.91 Å². The first-order valence-corrected chi connectivity index (χ1v) is 10.3. The van der Waals surface area contributed by atoms with Gasteiger partial charge in [0.2, 0.25) is 0 Å². The molecule has 158 valence electrons. The second-order valence-electron chi connectivity index (χ2n) is 7.28. The van der Waals surface area contributed by atoms with Crippen LogP contribution in [0.4, 0.5) is 11.4 Å². The summed E-state index contributed by atoms with van der Waals surface area (Å²) in [5.74, 6) is 0.720. The highest BCUT2D eigenvalue weighted by Crippen LogP contribution is 2.26. The molecule has 0 aromatic heterocycles. The van der Waals surface area contributed by atoms with Crippen LogP contribution >= 0.6 is 0 Å². The molecule has 1 saturated heterocycles. The molecule has 1 N–H and O–H groups in total. The third kappa shape index (κ3) is 4.44. The number of hydrogen-bond donors (Lipinski definition) is 1. The van der Waals surface area contributed by atoms with Crippen LogP contribution in [-0.4, -0.2) is 51.8 Å². The van der Waals surface area contributed by atoms with E-state index in [1.807, 2.05) is 55.5 Å². The maximum atomic E-state index is 12.9. The van der Waals surface area contributed by atoms with Gasteiger partial charge in [-0.25, -0.2) is 5.01 Å². The van der Waals surface area contributed by atoms with Gasteiger partial charge in [0.05, 0.1) is 31.5 Å². The van der Waals surface area contributed by atoms with Crippen LogP contribution in [0.1, 0.15) is 18.6 Å². The molecule has 0 spiro atoms. The molecule has 1 amide bonds. The number of anilines is 2. The molecule has 1 unspecified atom stereocenters. The molecule has 0 saturated carbocycles. The zero-order valence-corrected chi connectivity index (χ0v) is 17.3. The average molecular weight is 409 g/mol. The topological polar surface area (TPSA) is 78.8 Å². The number of amides is 1. The first-order valence-electron chi connectivity index (χ1n) is 10.3. The number of benzene rings is 2. The van der Waals surface area contributed by atoms with Gasteiger partial charge in [-0.1, -0.05) is 17.4 Å². The Kier molecular flexibility index (Phi) is 6.25. The summed E-state index contributed by atoms with van der Waals surface area (Å²) in [6, 6.07) is 15.0. The van der Waals surface area contributed by atoms with E-state index < -0.39 is 6.04 Å². The summed E-state index contributed by atoms with van der Waals surface area (Å²) in [6.07, 6.45) is 0.0557. The first-order chi connectivity index (χ1) is 14.7. The normalized spacial score (nSPS) is 20.9. The Labute approximate surface area is 176 Å². The molecular weight excluding hydrogens is 382 g/mol. The van der Waals surface area contributed by atoms with Crippen molar-refractivity contribution < 1.29 is 14.3 Å². The number of morpholine rings is 1. The lowest BCUT2D eigenvalue weighted by atomic mass is 10.1. The monoisotopic (exact) mass is 409 g/mol. The highest BCUT2D eigenvalue weighted by Gasteiger charge is 2.30. The molecule has 8 heteroatoms. The summed E-state index contributed by atoms with van der Waals surface area (Å²) in [7, 11) is 1.77. The van der Waals surface area contributed by atoms with E-state index in [4.69, 9.17) is 9.47 Å². The molecule has 2 heterocycles. The highest BCUT2D eigenvalue weighted by atomic mass is 16.5. The second-order valence-corrected chi connectivity index (χ2v) is 7.28. The van der Waals surface area contributed by atoms with Gasteiger partial charge in [-0.2, -0.15) is 5.11 Å². The number of hydrogen-bond acceptors (Lipinski definition) is 7. The zero-order valence-electron chi connectivity index (χ0n) is 17.3. The quantitative estimate of drug-likeness (QED) is 0.794. The van der Waals surface area contributed by atoms with E-state index >= 15 is 0 Å². The maximum Gasteiger partial charge on any atom is 0.255 e. The van der Waals surface area contributed by atoms with Crippen LogP contribution in [0.15, 0.2) is 58.9 Å². The van der Waals surface area contributed by atoms with E-state index in [1.165, 1.54) is 0 Å². The van der Waals surface area contributed by atoms with Crippen LogP contribution in [0, 0.1) is 0 Å². The van der Waals surface area contributed by atoms with Crippen LogP contribution in [0.2, 0.25) is 0 Å². The van der Waals surface area contributed by atoms with Crippen molar-refractivity contribution in [2.75, 3.05) is 49.8 Å². The summed E-state index contributed by atoms with van der Waals surface area (Å²) in [5.41, 5.74) is 2.81. The molecule has 2 atom stereocenters. The molecule has 2 aromatic rings. The smallest absolute Gasteiger partial charge is 0.255 e. The lowest BCUT2D eigenvalue weighted by Crippen LogP contribution is -2.38. The van der Waals surface area contributed by atoms with Gasteiger partial charge < -0.3 is 19.7 Å². The van der Waals surface area contributed by atoms with E-state index in [0.29, 0.717) is 19.8 Å². The first kappa shape index (κ1) is 20.3. The Morgan fingerprint density at radius 2 is 2.00 bits per heavy atom. The predicted octanol–water partition coefficient (Wildman–Crippen LogP) is 2.97. The van der Waals surface area contributed by atoms with Crippen molar-refractivity contribution in [2.45, 2.75) is 19.1 Å². The Hall–Kier alpha value is -2.97. The highest BCUT2D eigenvalue weighted by molar-refractivity contribution is 5.97. The maximum absolute atomic E-state index is 12.9. The molecule has 0 bridgehead atoms. The Morgan fingerprint density at radius 3 is 2.67 bits per heavy atom. The SMILES string of the molecule is CCOc1ccc(N2CC(C(=O)N(C)c3ccc([C@H]4CNCCO4)cc3)N=N2)cc1. The van der Waals surface area contributed by atoms with Crippen LogP contribution in [0.25, 0.3) is 0 Å². The van der Waals surface area contributed by atoms with Crippen LogP contribution in [0.5, 0.6) is 5.75 Å². The fourth-order valence-electron chi connectivity index (χ4n) is 3.57. The van der Waals surface area contributed by atoms with Gasteiger partial charge in [-0.3, -0.25) is 4.79 Å². The fourth-order valence-corrected chi connectivity index (χ4v) is 3.57. The largest absolute Gasteiger partial charge is 0.494 e. The van der Waals surface area contributed by atoms with E-state index in [2.05, 4.69) is 15.7 Å². The molecule has 2 aliphatic rings. The van der Waals surface area contributed by atoms with Crippen molar-refractivity contribution in [1.82, 2.24) is 5.32 Å². The molecule has 1 fully saturated rings. The number of carbonyl (C=O) groups excluding carboxylic acids is 1. The molecule has 2 aliphatic heterocycles. The number of likely N-dealkylation sites (N-methyl/N-ethyl adjacent to an activating group) is 1.